The molecule has 1 N–H and O–H groups in total. The molecule has 5 nitrogen and oxygen atoms in total. The SMILES string of the molecule is CN(C)C(CNC(=O)c1ccc(N2CCCC2=O)cc1)Cc1ccccc1. The number of anilines is 1. The van der Waals surface area contributed by atoms with Crippen molar-refractivity contribution < 1.29 is 9.59 Å². The van der Waals surface area contributed by atoms with Gasteiger partial charge in [-0.1, -0.05) is 30.3 Å². The molecule has 1 aliphatic heterocycles. The molecule has 3 rings (SSSR count). The second-order valence-corrected chi connectivity index (χ2v) is 7.21. The van der Waals surface area contributed by atoms with Crippen LogP contribution in [0.15, 0.2) is 54.6 Å². The van der Waals surface area contributed by atoms with Gasteiger partial charge in [-0.15, -0.1) is 0 Å². The Labute approximate surface area is 161 Å². The number of nitrogens with zero attached hydrogens (tertiary/aromatic N) is 2. The number of hydrogen-bond acceptors (Lipinski definition) is 3. The largest absolute Gasteiger partial charge is 0.350 e. The Morgan fingerprint density at radius 1 is 1.11 bits per heavy atom. The van der Waals surface area contributed by atoms with E-state index in [2.05, 4.69) is 22.3 Å². The summed E-state index contributed by atoms with van der Waals surface area (Å²) in [5, 5.41) is 3.04. The fourth-order valence-electron chi connectivity index (χ4n) is 3.35. The van der Waals surface area contributed by atoms with Gasteiger partial charge in [0.25, 0.3) is 5.91 Å². The van der Waals surface area contributed by atoms with Crippen LogP contribution in [-0.4, -0.2) is 49.9 Å². The van der Waals surface area contributed by atoms with Crippen molar-refractivity contribution in [1.82, 2.24) is 10.2 Å². The summed E-state index contributed by atoms with van der Waals surface area (Å²) in [6, 6.07) is 17.8. The molecule has 1 heterocycles. The van der Waals surface area contributed by atoms with Gasteiger partial charge in [-0.05, 0) is 56.8 Å². The molecule has 0 aromatic heterocycles. The van der Waals surface area contributed by atoms with Gasteiger partial charge in [-0.2, -0.15) is 0 Å². The topological polar surface area (TPSA) is 52.7 Å². The molecule has 0 bridgehead atoms. The van der Waals surface area contributed by atoms with E-state index >= 15 is 0 Å². The molecule has 1 atom stereocenters. The first-order chi connectivity index (χ1) is 13.0. The van der Waals surface area contributed by atoms with E-state index in [-0.39, 0.29) is 17.9 Å². The first-order valence-corrected chi connectivity index (χ1v) is 9.43. The Balaban J connectivity index is 1.58. The van der Waals surface area contributed by atoms with Crippen LogP contribution in [0.5, 0.6) is 0 Å². The average molecular weight is 365 g/mol. The van der Waals surface area contributed by atoms with Crippen LogP contribution in [0.1, 0.15) is 28.8 Å². The number of carbonyl (C=O) groups is 2. The van der Waals surface area contributed by atoms with Crippen LogP contribution in [0.3, 0.4) is 0 Å². The van der Waals surface area contributed by atoms with Gasteiger partial charge in [0.2, 0.25) is 5.91 Å². The van der Waals surface area contributed by atoms with Gasteiger partial charge in [-0.25, -0.2) is 0 Å². The minimum Gasteiger partial charge on any atom is -0.350 e. The maximum atomic E-state index is 12.5. The smallest absolute Gasteiger partial charge is 0.251 e. The molecule has 2 aromatic carbocycles. The monoisotopic (exact) mass is 365 g/mol. The number of likely N-dealkylation sites (N-methyl/N-ethyl adjacent to an activating group) is 1. The maximum absolute atomic E-state index is 12.5. The molecule has 0 spiro atoms. The van der Waals surface area contributed by atoms with E-state index in [0.717, 1.165) is 25.1 Å². The van der Waals surface area contributed by atoms with Crippen molar-refractivity contribution in [2.24, 2.45) is 0 Å². The number of amides is 2. The lowest BCUT2D eigenvalue weighted by molar-refractivity contribution is -0.117. The minimum absolute atomic E-state index is 0.0887. The van der Waals surface area contributed by atoms with E-state index in [9.17, 15) is 9.59 Å². The summed E-state index contributed by atoms with van der Waals surface area (Å²) >= 11 is 0. The van der Waals surface area contributed by atoms with Crippen molar-refractivity contribution in [2.45, 2.75) is 25.3 Å². The Kier molecular flexibility index (Phi) is 6.24. The summed E-state index contributed by atoms with van der Waals surface area (Å²) < 4.78 is 0. The molecule has 2 aromatic rings. The summed E-state index contributed by atoms with van der Waals surface area (Å²) in [6.07, 6.45) is 2.38. The summed E-state index contributed by atoms with van der Waals surface area (Å²) in [5.74, 6) is 0.0659. The van der Waals surface area contributed by atoms with Crippen molar-refractivity contribution >= 4 is 17.5 Å². The van der Waals surface area contributed by atoms with Crippen molar-refractivity contribution in [3.8, 4) is 0 Å². The van der Waals surface area contributed by atoms with Gasteiger partial charge in [0, 0.05) is 36.8 Å². The van der Waals surface area contributed by atoms with E-state index < -0.39 is 0 Å². The zero-order valence-corrected chi connectivity index (χ0v) is 16.0. The van der Waals surface area contributed by atoms with Gasteiger partial charge >= 0.3 is 0 Å². The van der Waals surface area contributed by atoms with Crippen molar-refractivity contribution in [1.29, 1.82) is 0 Å². The van der Waals surface area contributed by atoms with Crippen LogP contribution in [0, 0.1) is 0 Å². The second-order valence-electron chi connectivity index (χ2n) is 7.21. The van der Waals surface area contributed by atoms with E-state index in [0.29, 0.717) is 18.5 Å². The van der Waals surface area contributed by atoms with Gasteiger partial charge in [-0.3, -0.25) is 9.59 Å². The predicted molar refractivity (Wildman–Crippen MR) is 108 cm³/mol. The minimum atomic E-state index is -0.0887. The number of benzene rings is 2. The molecule has 0 radical (unpaired) electrons. The highest BCUT2D eigenvalue weighted by atomic mass is 16.2. The van der Waals surface area contributed by atoms with E-state index in [1.165, 1.54) is 5.56 Å². The Hall–Kier alpha value is -2.66. The molecule has 0 saturated carbocycles. The Morgan fingerprint density at radius 2 is 1.81 bits per heavy atom. The van der Waals surface area contributed by atoms with Crippen LogP contribution in [0.25, 0.3) is 0 Å². The van der Waals surface area contributed by atoms with Gasteiger partial charge in [0.15, 0.2) is 0 Å². The number of hydrogen-bond donors (Lipinski definition) is 1. The number of rotatable bonds is 7. The quantitative estimate of drug-likeness (QED) is 0.821. The normalized spacial score (nSPS) is 15.2. The summed E-state index contributed by atoms with van der Waals surface area (Å²) in [7, 11) is 4.06. The summed E-state index contributed by atoms with van der Waals surface area (Å²) in [5.41, 5.74) is 2.73. The molecule has 1 saturated heterocycles. The fourth-order valence-corrected chi connectivity index (χ4v) is 3.35. The molecule has 5 heteroatoms. The van der Waals surface area contributed by atoms with Crippen molar-refractivity contribution in [3.63, 3.8) is 0 Å². The zero-order chi connectivity index (χ0) is 19.2. The molecule has 2 amide bonds. The lowest BCUT2D eigenvalue weighted by Gasteiger charge is -2.25. The highest BCUT2D eigenvalue weighted by Crippen LogP contribution is 2.21. The van der Waals surface area contributed by atoms with Gasteiger partial charge in [0.05, 0.1) is 0 Å². The van der Waals surface area contributed by atoms with E-state index in [1.807, 2.05) is 44.4 Å². The maximum Gasteiger partial charge on any atom is 0.251 e. The Morgan fingerprint density at radius 3 is 2.41 bits per heavy atom. The lowest BCUT2D eigenvalue weighted by atomic mass is 10.0. The van der Waals surface area contributed by atoms with Crippen molar-refractivity contribution in [2.75, 3.05) is 32.1 Å². The standard InChI is InChI=1S/C22H27N3O2/c1-24(2)20(15-17-7-4-3-5-8-17)16-23-22(27)18-10-12-19(13-11-18)25-14-6-9-21(25)26/h3-5,7-8,10-13,20H,6,9,14-16H2,1-2H3,(H,23,27). The third kappa shape index (κ3) is 4.95. The van der Waals surface area contributed by atoms with Crippen LogP contribution in [0.4, 0.5) is 5.69 Å². The summed E-state index contributed by atoms with van der Waals surface area (Å²) in [6.45, 7) is 1.33. The number of carbonyl (C=O) groups excluding carboxylic acids is 2. The molecule has 1 aliphatic rings. The fraction of sp³-hybridized carbons (Fsp3) is 0.364. The average Bonchev–Trinajstić information content (AvgIpc) is 3.11. The molecule has 142 valence electrons. The summed E-state index contributed by atoms with van der Waals surface area (Å²) in [4.78, 5) is 28.3. The number of nitrogens with one attached hydrogen (secondary N) is 1. The Bertz CT molecular complexity index is 772. The molecule has 0 aliphatic carbocycles. The molecule has 1 unspecified atom stereocenters. The first-order valence-electron chi connectivity index (χ1n) is 9.43. The van der Waals surface area contributed by atoms with E-state index in [4.69, 9.17) is 0 Å². The lowest BCUT2D eigenvalue weighted by Crippen LogP contribution is -2.41. The van der Waals surface area contributed by atoms with E-state index in [1.54, 1.807) is 17.0 Å². The molecule has 1 fully saturated rings. The van der Waals surface area contributed by atoms with Crippen LogP contribution >= 0.6 is 0 Å². The molecule has 27 heavy (non-hydrogen) atoms. The van der Waals surface area contributed by atoms with Gasteiger partial charge in [0.1, 0.15) is 0 Å². The third-order valence-corrected chi connectivity index (χ3v) is 5.06. The van der Waals surface area contributed by atoms with Gasteiger partial charge < -0.3 is 15.1 Å². The third-order valence-electron chi connectivity index (χ3n) is 5.06. The van der Waals surface area contributed by atoms with Crippen LogP contribution < -0.4 is 10.2 Å². The van der Waals surface area contributed by atoms with Crippen LogP contribution in [0.2, 0.25) is 0 Å². The first kappa shape index (κ1) is 19.1. The predicted octanol–water partition coefficient (Wildman–Crippen LogP) is 2.72. The molecular formula is C22H27N3O2. The second kappa shape index (κ2) is 8.82. The zero-order valence-electron chi connectivity index (χ0n) is 16.0. The molecular weight excluding hydrogens is 338 g/mol. The van der Waals surface area contributed by atoms with Crippen LogP contribution in [-0.2, 0) is 11.2 Å². The highest BCUT2D eigenvalue weighted by Gasteiger charge is 2.21. The van der Waals surface area contributed by atoms with Crippen molar-refractivity contribution in [3.05, 3.63) is 65.7 Å². The highest BCUT2D eigenvalue weighted by molar-refractivity contribution is 5.97.